The first-order valence-corrected chi connectivity index (χ1v) is 29.9. The monoisotopic (exact) mass is 1200 g/mol. The second kappa shape index (κ2) is 26.6. The van der Waals surface area contributed by atoms with E-state index < -0.39 is 46.7 Å². The molecule has 5 atom stereocenters. The number of aromatic nitrogens is 4. The van der Waals surface area contributed by atoms with Gasteiger partial charge in [-0.3, -0.25) is 38.7 Å². The molecule has 9 rings (SSSR count). The van der Waals surface area contributed by atoms with Crippen LogP contribution in [0.2, 0.25) is 0 Å². The first-order valence-electron chi connectivity index (χ1n) is 29.0. The lowest BCUT2D eigenvalue weighted by atomic mass is 9.86. The number of hydrogen-bond donors (Lipinski definition) is 5. The lowest BCUT2D eigenvalue weighted by molar-refractivity contribution is -0.138. The largest absolute Gasteiger partial charge is 0.417 e. The number of β-amino-alcohol motifs (C(OH)–C–C–N with tert-alkyl or cyclic N) is 1. The van der Waals surface area contributed by atoms with Crippen LogP contribution in [0, 0.1) is 18.2 Å². The summed E-state index contributed by atoms with van der Waals surface area (Å²) in [6.07, 6.45) is 1.94. The van der Waals surface area contributed by atoms with Gasteiger partial charge < -0.3 is 40.7 Å². The van der Waals surface area contributed by atoms with Gasteiger partial charge in [-0.25, -0.2) is 19.3 Å². The third-order valence-electron chi connectivity index (χ3n) is 16.9. The number of nitrogens with zero attached hydrogens (tertiary/aromatic N) is 9. The number of aromatic amines is 1. The Labute approximate surface area is 496 Å². The Kier molecular flexibility index (Phi) is 19.6. The van der Waals surface area contributed by atoms with Crippen molar-refractivity contribution < 1.29 is 41.8 Å². The van der Waals surface area contributed by atoms with Crippen molar-refractivity contribution in [1.82, 2.24) is 50.2 Å². The molecule has 0 aliphatic carbocycles. The van der Waals surface area contributed by atoms with E-state index in [0.717, 1.165) is 33.5 Å². The minimum absolute atomic E-state index is 0.00969. The van der Waals surface area contributed by atoms with Crippen molar-refractivity contribution in [2.24, 2.45) is 5.41 Å². The number of anilines is 3. The van der Waals surface area contributed by atoms with Gasteiger partial charge in [0.25, 0.3) is 5.91 Å². The number of likely N-dealkylation sites (N-methyl/N-ethyl adjacent to an activating group) is 1. The molecule has 0 spiro atoms. The maximum Gasteiger partial charge on any atom is 0.417 e. The van der Waals surface area contributed by atoms with Gasteiger partial charge in [0.1, 0.15) is 5.82 Å². The molecule has 4 aliphatic rings. The molecule has 0 unspecified atom stereocenters. The Morgan fingerprint density at radius 3 is 2.24 bits per heavy atom. The molecule has 0 bridgehead atoms. The molecule has 5 N–H and O–H groups in total. The molecule has 3 aromatic heterocycles. The van der Waals surface area contributed by atoms with E-state index in [-0.39, 0.29) is 65.4 Å². The van der Waals surface area contributed by atoms with Crippen LogP contribution in [0.25, 0.3) is 16.0 Å². The number of aryl methyl sites for hydroxylation is 1. The molecule has 24 heteroatoms. The third kappa shape index (κ3) is 15.5. The van der Waals surface area contributed by atoms with Crippen LogP contribution in [0.15, 0.2) is 77.4 Å². The number of carbonyl (C=O) groups is 4. The van der Waals surface area contributed by atoms with E-state index in [1.165, 1.54) is 12.1 Å². The molecule has 3 saturated heterocycles. The number of amides is 4. The van der Waals surface area contributed by atoms with E-state index in [0.29, 0.717) is 121 Å². The molecular weight excluding hydrogens is 1120 g/mol. The lowest BCUT2D eigenvalue weighted by Crippen LogP contribution is -2.55. The van der Waals surface area contributed by atoms with Crippen LogP contribution in [-0.2, 0) is 33.6 Å². The Morgan fingerprint density at radius 1 is 0.894 bits per heavy atom. The van der Waals surface area contributed by atoms with E-state index >= 15 is 4.39 Å². The molecule has 5 aromatic rings. The van der Waals surface area contributed by atoms with Crippen LogP contribution >= 0.6 is 11.3 Å². The van der Waals surface area contributed by atoms with Gasteiger partial charge in [0.15, 0.2) is 0 Å². The number of aliphatic hydroxyl groups excluding tert-OH is 1. The number of likely N-dealkylation sites (tertiary alicyclic amines) is 1. The average Bonchev–Trinajstić information content (AvgIpc) is 3.13. The molecule has 3 fully saturated rings. The predicted octanol–water partition coefficient (Wildman–Crippen LogP) is 6.93. The highest BCUT2D eigenvalue weighted by Gasteiger charge is 2.40. The highest BCUT2D eigenvalue weighted by Crippen LogP contribution is 2.38. The molecule has 4 amide bonds. The van der Waals surface area contributed by atoms with E-state index in [2.05, 4.69) is 45.7 Å². The first kappa shape index (κ1) is 62.4. The number of alkyl halides is 3. The van der Waals surface area contributed by atoms with Crippen LogP contribution < -0.4 is 31.3 Å². The van der Waals surface area contributed by atoms with Crippen LogP contribution in [0.5, 0.6) is 0 Å². The van der Waals surface area contributed by atoms with Crippen LogP contribution in [0.3, 0.4) is 0 Å². The number of pyridine rings is 1. The maximum absolute atomic E-state index is 16.3. The fourth-order valence-corrected chi connectivity index (χ4v) is 12.4. The third-order valence-corrected chi connectivity index (χ3v) is 17.9. The number of rotatable bonds is 18. The Bertz CT molecular complexity index is 3280. The number of hydrogen-bond acceptors (Lipinski definition) is 15. The summed E-state index contributed by atoms with van der Waals surface area (Å²) in [7, 11) is 1.99. The van der Waals surface area contributed by atoms with E-state index in [4.69, 9.17) is 0 Å². The van der Waals surface area contributed by atoms with E-state index in [1.54, 1.807) is 23.7 Å². The molecule has 4 aliphatic heterocycles. The predicted molar refractivity (Wildman–Crippen MR) is 319 cm³/mol. The molecule has 2 aromatic carbocycles. The quantitative estimate of drug-likeness (QED) is 0.0563. The first-order chi connectivity index (χ1) is 40.4. The van der Waals surface area contributed by atoms with E-state index in [1.807, 2.05) is 104 Å². The summed E-state index contributed by atoms with van der Waals surface area (Å²) in [5.74, 6) is -1.52. The Hall–Kier alpha value is -7.12. The minimum Gasteiger partial charge on any atom is -0.392 e. The number of H-pyrrole nitrogens is 1. The number of carbonyl (C=O) groups excluding carboxylic acids is 4. The van der Waals surface area contributed by atoms with Gasteiger partial charge in [0.05, 0.1) is 50.7 Å². The smallest absolute Gasteiger partial charge is 0.392 e. The SMILES string of the molecule is Cc1ncsc1-c1ccc(CNC(=O)[C@@H]2C[C@@H](O)CN2C[C@@H](NC(=O)CCCC(=O)N2CCN(Cc3cnc(N4CC=C(c5cc(NC(=O)c6c[nH]c(=O)cc6C(F)(F)F)c(N6C[C@@H](C)N(C)[C@@H](C)C6)cc5F)CC4)nc3)CC2)C(C)(C)C)cc1. The summed E-state index contributed by atoms with van der Waals surface area (Å²) in [4.78, 5) is 94.8. The van der Waals surface area contributed by atoms with Gasteiger partial charge in [0.2, 0.25) is 29.2 Å². The van der Waals surface area contributed by atoms with Gasteiger partial charge in [-0.15, -0.1) is 11.3 Å². The van der Waals surface area contributed by atoms with Crippen LogP contribution in [0.4, 0.5) is 34.9 Å². The van der Waals surface area contributed by atoms with Crippen LogP contribution in [0.1, 0.15) is 105 Å². The van der Waals surface area contributed by atoms with Crippen molar-refractivity contribution in [2.45, 2.75) is 123 Å². The summed E-state index contributed by atoms with van der Waals surface area (Å²) in [5.41, 5.74) is 3.51. The second-order valence-electron chi connectivity index (χ2n) is 24.0. The highest BCUT2D eigenvalue weighted by molar-refractivity contribution is 7.13. The molecule has 0 radical (unpaired) electrons. The average molecular weight is 1200 g/mol. The summed E-state index contributed by atoms with van der Waals surface area (Å²) in [6, 6.07) is 10.4. The topological polar surface area (TPSA) is 216 Å². The zero-order valence-electron chi connectivity index (χ0n) is 49.3. The van der Waals surface area contributed by atoms with Crippen molar-refractivity contribution in [3.05, 3.63) is 122 Å². The van der Waals surface area contributed by atoms with Crippen molar-refractivity contribution in [3.63, 3.8) is 0 Å². The van der Waals surface area contributed by atoms with E-state index in [9.17, 15) is 42.3 Å². The summed E-state index contributed by atoms with van der Waals surface area (Å²) in [5, 5.41) is 19.6. The van der Waals surface area contributed by atoms with Gasteiger partial charge in [0, 0.05) is 145 Å². The lowest BCUT2D eigenvalue weighted by Gasteiger charge is -2.44. The van der Waals surface area contributed by atoms with Gasteiger partial charge >= 0.3 is 6.18 Å². The van der Waals surface area contributed by atoms with Gasteiger partial charge in [-0.2, -0.15) is 13.2 Å². The summed E-state index contributed by atoms with van der Waals surface area (Å²) in [6.45, 7) is 17.8. The number of piperazine rings is 2. The van der Waals surface area contributed by atoms with Crippen molar-refractivity contribution >= 4 is 57.9 Å². The zero-order chi connectivity index (χ0) is 60.9. The standard InChI is InChI=1S/C61H77F4N13O6S/c1-37-31-77(32-38(2)73(37)7)50-26-48(62)45(24-49(50)71-57(83)46-30-66-54(81)25-47(46)61(63,64)65)42-15-17-76(18-16-42)59-68-28-41(29-69-59)33-74-19-21-75(22-20-74)55(82)10-8-9-53(80)72-52(60(4,5)6)35-78-34-44(79)23-51(78)58(84)67-27-40-11-13-43(14-12-40)56-39(3)70-36-85-56/h11-15,24-26,28-30,36-38,44,51-52,79H,8-10,16-23,27,31-35H2,1-7H3,(H,66,81)(H,67,84)(H,71,83)(H,72,80)/t37-,38+,44-,51+,52-/m1/s1. The number of thiazole rings is 1. The molecular formula is C61H77F4N13O6S. The number of halogens is 4. The molecule has 0 saturated carbocycles. The number of nitrogens with one attached hydrogen (secondary N) is 4. The Balaban J connectivity index is 0.727. The zero-order valence-corrected chi connectivity index (χ0v) is 50.1. The molecule has 85 heavy (non-hydrogen) atoms. The number of aliphatic hydroxyl groups is 1. The summed E-state index contributed by atoms with van der Waals surface area (Å²) < 4.78 is 58.4. The maximum atomic E-state index is 16.3. The number of benzene rings is 2. The highest BCUT2D eigenvalue weighted by atomic mass is 32.1. The molecule has 19 nitrogen and oxygen atoms in total. The van der Waals surface area contributed by atoms with Crippen LogP contribution in [-0.4, -0.2) is 171 Å². The van der Waals surface area contributed by atoms with Gasteiger partial charge in [-0.05, 0) is 81.3 Å². The van der Waals surface area contributed by atoms with Gasteiger partial charge in [-0.1, -0.05) is 51.1 Å². The fraction of sp³-hybridized carbons (Fsp3) is 0.508. The molecule has 7 heterocycles. The Morgan fingerprint density at radius 2 is 1.60 bits per heavy atom. The normalized spacial score (nSPS) is 20.5. The summed E-state index contributed by atoms with van der Waals surface area (Å²) >= 11 is 1.59. The minimum atomic E-state index is -4.98. The fourth-order valence-electron chi connectivity index (χ4n) is 11.6. The van der Waals surface area contributed by atoms with Crippen molar-refractivity contribution in [3.8, 4) is 10.4 Å². The molecule has 456 valence electrons. The van der Waals surface area contributed by atoms with Crippen molar-refractivity contribution in [1.29, 1.82) is 0 Å². The van der Waals surface area contributed by atoms with Crippen molar-refractivity contribution in [2.75, 3.05) is 87.6 Å². The second-order valence-corrected chi connectivity index (χ2v) is 24.9.